The fourth-order valence-electron chi connectivity index (χ4n) is 1.71. The van der Waals surface area contributed by atoms with Crippen LogP contribution in [-0.4, -0.2) is 18.0 Å². The number of carbonyl (C=O) groups excluding carboxylic acids is 1. The zero-order valence-electron chi connectivity index (χ0n) is 10.8. The number of amides is 1. The van der Waals surface area contributed by atoms with Crippen molar-refractivity contribution in [3.05, 3.63) is 52.2 Å². The van der Waals surface area contributed by atoms with Gasteiger partial charge in [0.15, 0.2) is 0 Å². The maximum atomic E-state index is 12.2. The number of ether oxygens (including phenoxy) is 1. The molecule has 0 fully saturated rings. The number of thiophene rings is 1. The summed E-state index contributed by atoms with van der Waals surface area (Å²) in [5, 5.41) is 4.61. The first-order valence-corrected chi connectivity index (χ1v) is 7.18. The van der Waals surface area contributed by atoms with Crippen molar-refractivity contribution in [2.24, 2.45) is 5.73 Å². The summed E-state index contributed by atoms with van der Waals surface area (Å²) in [7, 11) is 1.56. The Bertz CT molecular complexity index is 611. The molecule has 0 aliphatic heterocycles. The molecule has 1 atom stereocenters. The molecule has 0 aliphatic rings. The Morgan fingerprint density at radius 3 is 2.65 bits per heavy atom. The molecule has 0 spiro atoms. The molecule has 0 aliphatic carbocycles. The lowest BCUT2D eigenvalue weighted by atomic mass is 10.1. The summed E-state index contributed by atoms with van der Waals surface area (Å²) >= 11 is 6.35. The molecular formula is C14H14N2O2S2. The van der Waals surface area contributed by atoms with Crippen molar-refractivity contribution < 1.29 is 9.53 Å². The van der Waals surface area contributed by atoms with Crippen LogP contribution in [0.3, 0.4) is 0 Å². The summed E-state index contributed by atoms with van der Waals surface area (Å²) in [6.45, 7) is 0. The second-order valence-corrected chi connectivity index (χ2v) is 5.45. The second-order valence-electron chi connectivity index (χ2n) is 4.07. The Labute approximate surface area is 126 Å². The number of hydrogen-bond acceptors (Lipinski definition) is 4. The number of rotatable bonds is 5. The van der Waals surface area contributed by atoms with Gasteiger partial charge in [0, 0.05) is 11.4 Å². The average molecular weight is 306 g/mol. The van der Waals surface area contributed by atoms with E-state index in [9.17, 15) is 4.79 Å². The predicted molar refractivity (Wildman–Crippen MR) is 84.3 cm³/mol. The highest BCUT2D eigenvalue weighted by Crippen LogP contribution is 2.22. The smallest absolute Gasteiger partial charge is 0.262 e. The number of benzene rings is 1. The predicted octanol–water partition coefficient (Wildman–Crippen LogP) is 2.51. The lowest BCUT2D eigenvalue weighted by molar-refractivity contribution is 0.0950. The number of hydrogen-bond donors (Lipinski definition) is 2. The Kier molecular flexibility index (Phi) is 4.70. The fraction of sp³-hybridized carbons (Fsp3) is 0.143. The van der Waals surface area contributed by atoms with Crippen molar-refractivity contribution in [3.8, 4) is 5.75 Å². The maximum absolute atomic E-state index is 12.2. The summed E-state index contributed by atoms with van der Waals surface area (Å²) < 4.78 is 5.06. The van der Waals surface area contributed by atoms with E-state index in [4.69, 9.17) is 22.7 Å². The summed E-state index contributed by atoms with van der Waals surface area (Å²) in [4.78, 5) is 13.0. The van der Waals surface area contributed by atoms with Crippen LogP contribution in [0.1, 0.15) is 21.3 Å². The van der Waals surface area contributed by atoms with Gasteiger partial charge in [-0.3, -0.25) is 4.79 Å². The molecule has 1 amide bonds. The molecule has 2 rings (SSSR count). The third kappa shape index (κ3) is 3.34. The minimum atomic E-state index is -0.480. The Morgan fingerprint density at radius 1 is 1.40 bits per heavy atom. The maximum Gasteiger partial charge on any atom is 0.262 e. The molecule has 1 unspecified atom stereocenters. The van der Waals surface area contributed by atoms with Crippen LogP contribution in [0.25, 0.3) is 0 Å². The normalized spacial score (nSPS) is 11.7. The molecule has 0 saturated heterocycles. The minimum absolute atomic E-state index is 0.222. The van der Waals surface area contributed by atoms with Crippen LogP contribution in [0.4, 0.5) is 0 Å². The molecule has 0 bridgehead atoms. The van der Waals surface area contributed by atoms with Crippen molar-refractivity contribution in [3.63, 3.8) is 0 Å². The van der Waals surface area contributed by atoms with Crippen LogP contribution in [-0.2, 0) is 0 Å². The quantitative estimate of drug-likeness (QED) is 0.833. The zero-order valence-corrected chi connectivity index (χ0v) is 12.5. The SMILES string of the molecule is COc1csc(C(=O)NC(C(N)=S)c2ccccc2)c1. The van der Waals surface area contributed by atoms with Crippen LogP contribution in [0.5, 0.6) is 5.75 Å². The van der Waals surface area contributed by atoms with Crippen LogP contribution in [0, 0.1) is 0 Å². The molecular weight excluding hydrogens is 292 g/mol. The van der Waals surface area contributed by atoms with Gasteiger partial charge in [0.2, 0.25) is 0 Å². The van der Waals surface area contributed by atoms with Crippen LogP contribution >= 0.6 is 23.6 Å². The van der Waals surface area contributed by atoms with E-state index in [0.717, 1.165) is 5.56 Å². The van der Waals surface area contributed by atoms with Crippen molar-refractivity contribution in [2.45, 2.75) is 6.04 Å². The molecule has 1 heterocycles. The first kappa shape index (κ1) is 14.5. The molecule has 2 aromatic rings. The van der Waals surface area contributed by atoms with Crippen molar-refractivity contribution >= 4 is 34.5 Å². The van der Waals surface area contributed by atoms with Gasteiger partial charge >= 0.3 is 0 Å². The molecule has 104 valence electrons. The molecule has 1 aromatic heterocycles. The van der Waals surface area contributed by atoms with E-state index >= 15 is 0 Å². The van der Waals surface area contributed by atoms with Gasteiger partial charge in [-0.25, -0.2) is 0 Å². The van der Waals surface area contributed by atoms with Crippen LogP contribution in [0.2, 0.25) is 0 Å². The minimum Gasteiger partial charge on any atom is -0.496 e. The van der Waals surface area contributed by atoms with Crippen molar-refractivity contribution in [2.75, 3.05) is 7.11 Å². The van der Waals surface area contributed by atoms with Gasteiger partial charge in [-0.2, -0.15) is 0 Å². The number of nitrogens with one attached hydrogen (secondary N) is 1. The summed E-state index contributed by atoms with van der Waals surface area (Å²) in [5.74, 6) is 0.437. The Hall–Kier alpha value is -1.92. The second kappa shape index (κ2) is 6.49. The van der Waals surface area contributed by atoms with E-state index in [1.807, 2.05) is 30.3 Å². The number of methoxy groups -OCH3 is 1. The van der Waals surface area contributed by atoms with Gasteiger partial charge in [0.25, 0.3) is 5.91 Å². The van der Waals surface area contributed by atoms with Gasteiger partial charge in [0.1, 0.15) is 16.8 Å². The standard InChI is InChI=1S/C14H14N2O2S2/c1-18-10-7-11(20-8-10)14(17)16-12(13(15)19)9-5-3-2-4-6-9/h2-8,12H,1H3,(H2,15,19)(H,16,17). The summed E-state index contributed by atoms with van der Waals surface area (Å²) in [6, 6.07) is 10.6. The van der Waals surface area contributed by atoms with E-state index in [1.54, 1.807) is 18.6 Å². The van der Waals surface area contributed by atoms with Crippen LogP contribution < -0.4 is 15.8 Å². The lowest BCUT2D eigenvalue weighted by Gasteiger charge is -2.17. The van der Waals surface area contributed by atoms with E-state index in [0.29, 0.717) is 10.6 Å². The molecule has 3 N–H and O–H groups in total. The highest BCUT2D eigenvalue weighted by atomic mass is 32.1. The number of nitrogens with two attached hydrogens (primary N) is 1. The largest absolute Gasteiger partial charge is 0.496 e. The lowest BCUT2D eigenvalue weighted by Crippen LogP contribution is -2.36. The number of thiocarbonyl (C=S) groups is 1. The van der Waals surface area contributed by atoms with Gasteiger partial charge in [0.05, 0.1) is 12.0 Å². The number of carbonyl (C=O) groups is 1. The van der Waals surface area contributed by atoms with E-state index in [2.05, 4.69) is 5.32 Å². The zero-order chi connectivity index (χ0) is 14.5. The first-order chi connectivity index (χ1) is 9.61. The molecule has 1 aromatic carbocycles. The topological polar surface area (TPSA) is 64.3 Å². The monoisotopic (exact) mass is 306 g/mol. The average Bonchev–Trinajstić information content (AvgIpc) is 2.94. The third-order valence-corrected chi connectivity index (χ3v) is 3.87. The highest BCUT2D eigenvalue weighted by molar-refractivity contribution is 7.80. The summed E-state index contributed by atoms with van der Waals surface area (Å²) in [6.07, 6.45) is 0. The first-order valence-electron chi connectivity index (χ1n) is 5.89. The van der Waals surface area contributed by atoms with Gasteiger partial charge in [-0.05, 0) is 5.56 Å². The Balaban J connectivity index is 2.16. The van der Waals surface area contributed by atoms with E-state index in [-0.39, 0.29) is 10.9 Å². The van der Waals surface area contributed by atoms with E-state index in [1.165, 1.54) is 11.3 Å². The Morgan fingerprint density at radius 2 is 2.10 bits per heavy atom. The summed E-state index contributed by atoms with van der Waals surface area (Å²) in [5.41, 5.74) is 6.58. The van der Waals surface area contributed by atoms with Crippen molar-refractivity contribution in [1.29, 1.82) is 0 Å². The molecule has 6 heteroatoms. The fourth-order valence-corrected chi connectivity index (χ4v) is 2.66. The van der Waals surface area contributed by atoms with Crippen molar-refractivity contribution in [1.82, 2.24) is 5.32 Å². The van der Waals surface area contributed by atoms with E-state index < -0.39 is 6.04 Å². The van der Waals surface area contributed by atoms with Gasteiger partial charge in [-0.1, -0.05) is 42.5 Å². The molecule has 0 radical (unpaired) electrons. The molecule has 0 saturated carbocycles. The molecule has 4 nitrogen and oxygen atoms in total. The van der Waals surface area contributed by atoms with Gasteiger partial charge in [-0.15, -0.1) is 11.3 Å². The highest BCUT2D eigenvalue weighted by Gasteiger charge is 2.19. The van der Waals surface area contributed by atoms with Gasteiger partial charge < -0.3 is 15.8 Å². The third-order valence-electron chi connectivity index (χ3n) is 2.73. The molecule has 20 heavy (non-hydrogen) atoms. The van der Waals surface area contributed by atoms with Crippen LogP contribution in [0.15, 0.2) is 41.8 Å².